The zero-order chi connectivity index (χ0) is 11.1. The molecule has 0 bridgehead atoms. The first kappa shape index (κ1) is 10.5. The van der Waals surface area contributed by atoms with E-state index in [0.717, 1.165) is 11.3 Å². The molecule has 2 N–H and O–H groups in total. The largest absolute Gasteiger partial charge is 0.330 e. The van der Waals surface area contributed by atoms with Crippen molar-refractivity contribution in [3.05, 3.63) is 29.6 Å². The molecule has 0 spiro atoms. The fourth-order valence-corrected chi connectivity index (χ4v) is 2.28. The van der Waals surface area contributed by atoms with Crippen molar-refractivity contribution in [1.29, 1.82) is 0 Å². The monoisotopic (exact) mass is 212 g/mol. The van der Waals surface area contributed by atoms with Crippen LogP contribution >= 0.6 is 0 Å². The second-order valence-corrected chi connectivity index (χ2v) is 4.38. The molecule has 1 aromatic rings. The van der Waals surface area contributed by atoms with Crippen molar-refractivity contribution in [1.82, 2.24) is 4.98 Å². The number of halogens is 2. The van der Waals surface area contributed by atoms with Crippen molar-refractivity contribution >= 4 is 0 Å². The van der Waals surface area contributed by atoms with E-state index in [1.807, 2.05) is 13.0 Å². The van der Waals surface area contributed by atoms with Gasteiger partial charge in [-0.25, -0.2) is 8.78 Å². The molecule has 1 saturated carbocycles. The van der Waals surface area contributed by atoms with Crippen LogP contribution in [0, 0.1) is 6.92 Å². The molecule has 0 amide bonds. The number of nitrogens with zero attached hydrogens (tertiary/aromatic N) is 1. The molecule has 82 valence electrons. The Bertz CT molecular complexity index is 369. The van der Waals surface area contributed by atoms with Crippen LogP contribution in [-0.2, 0) is 5.41 Å². The summed E-state index contributed by atoms with van der Waals surface area (Å²) in [6.07, 6.45) is 1.37. The molecule has 1 aliphatic carbocycles. The average Bonchev–Trinajstić information content (AvgIpc) is 2.13. The van der Waals surface area contributed by atoms with E-state index in [9.17, 15) is 8.78 Å². The lowest BCUT2D eigenvalue weighted by Gasteiger charge is -2.47. The first-order valence-corrected chi connectivity index (χ1v) is 4.99. The van der Waals surface area contributed by atoms with E-state index < -0.39 is 11.3 Å². The van der Waals surface area contributed by atoms with Gasteiger partial charge >= 0.3 is 0 Å². The van der Waals surface area contributed by atoms with Gasteiger partial charge in [-0.1, -0.05) is 0 Å². The highest BCUT2D eigenvalue weighted by Crippen LogP contribution is 2.52. The summed E-state index contributed by atoms with van der Waals surface area (Å²) in [4.78, 5) is 4.05. The van der Waals surface area contributed by atoms with Crippen molar-refractivity contribution in [2.24, 2.45) is 5.73 Å². The van der Waals surface area contributed by atoms with E-state index in [1.165, 1.54) is 0 Å². The van der Waals surface area contributed by atoms with Crippen LogP contribution in [-0.4, -0.2) is 17.5 Å². The Labute approximate surface area is 87.5 Å². The molecular weight excluding hydrogens is 198 g/mol. The maximum absolute atomic E-state index is 12.9. The molecule has 4 heteroatoms. The first-order valence-electron chi connectivity index (χ1n) is 4.99. The third-order valence-electron chi connectivity index (χ3n) is 3.09. The van der Waals surface area contributed by atoms with Gasteiger partial charge in [-0.05, 0) is 24.6 Å². The van der Waals surface area contributed by atoms with Gasteiger partial charge < -0.3 is 5.73 Å². The van der Waals surface area contributed by atoms with Crippen LogP contribution in [0.4, 0.5) is 8.78 Å². The maximum atomic E-state index is 12.9. The smallest absolute Gasteiger partial charge is 0.250 e. The summed E-state index contributed by atoms with van der Waals surface area (Å²) in [6.45, 7) is 2.12. The zero-order valence-electron chi connectivity index (χ0n) is 8.63. The lowest BCUT2D eigenvalue weighted by atomic mass is 9.62. The topological polar surface area (TPSA) is 38.9 Å². The lowest BCUT2D eigenvalue weighted by molar-refractivity contribution is -0.123. The van der Waals surface area contributed by atoms with E-state index in [4.69, 9.17) is 5.73 Å². The van der Waals surface area contributed by atoms with Gasteiger partial charge in [0.2, 0.25) is 5.92 Å². The van der Waals surface area contributed by atoms with E-state index in [0.29, 0.717) is 0 Å². The van der Waals surface area contributed by atoms with Crippen LogP contribution in [0.2, 0.25) is 0 Å². The third-order valence-corrected chi connectivity index (χ3v) is 3.09. The van der Waals surface area contributed by atoms with Crippen LogP contribution in [0.5, 0.6) is 0 Å². The molecule has 0 atom stereocenters. The lowest BCUT2D eigenvalue weighted by Crippen LogP contribution is -2.53. The first-order chi connectivity index (χ1) is 6.97. The number of alkyl halides is 2. The number of hydrogen-bond acceptors (Lipinski definition) is 2. The van der Waals surface area contributed by atoms with Crippen LogP contribution in [0.1, 0.15) is 24.1 Å². The standard InChI is InChI=1S/C11H14F2N2/c1-8-4-9(2-3-15-8)10(7-14)5-11(12,13)6-10/h2-4H,5-7,14H2,1H3. The van der Waals surface area contributed by atoms with Crippen LogP contribution in [0.25, 0.3) is 0 Å². The Morgan fingerprint density at radius 2 is 2.13 bits per heavy atom. The fourth-order valence-electron chi connectivity index (χ4n) is 2.28. The Morgan fingerprint density at radius 3 is 2.60 bits per heavy atom. The summed E-state index contributed by atoms with van der Waals surface area (Å²) >= 11 is 0. The molecule has 2 rings (SSSR count). The van der Waals surface area contributed by atoms with Gasteiger partial charge in [0.05, 0.1) is 0 Å². The summed E-state index contributed by atoms with van der Waals surface area (Å²) < 4.78 is 25.9. The van der Waals surface area contributed by atoms with E-state index >= 15 is 0 Å². The normalized spacial score (nSPS) is 22.1. The van der Waals surface area contributed by atoms with E-state index in [1.54, 1.807) is 12.3 Å². The van der Waals surface area contributed by atoms with Crippen molar-refractivity contribution in [3.8, 4) is 0 Å². The van der Waals surface area contributed by atoms with Crippen LogP contribution in [0.15, 0.2) is 18.3 Å². The molecule has 0 radical (unpaired) electrons. The zero-order valence-corrected chi connectivity index (χ0v) is 8.63. The molecule has 0 aromatic carbocycles. The van der Waals surface area contributed by atoms with Gasteiger partial charge in [-0.2, -0.15) is 0 Å². The number of pyridine rings is 1. The minimum absolute atomic E-state index is 0.139. The highest BCUT2D eigenvalue weighted by atomic mass is 19.3. The molecule has 1 fully saturated rings. The molecular formula is C11H14F2N2. The highest BCUT2D eigenvalue weighted by Gasteiger charge is 2.56. The Morgan fingerprint density at radius 1 is 1.47 bits per heavy atom. The molecule has 15 heavy (non-hydrogen) atoms. The molecule has 1 aliphatic rings. The van der Waals surface area contributed by atoms with Gasteiger partial charge in [-0.15, -0.1) is 0 Å². The van der Waals surface area contributed by atoms with Crippen molar-refractivity contribution in [2.45, 2.75) is 31.1 Å². The van der Waals surface area contributed by atoms with Crippen LogP contribution in [0.3, 0.4) is 0 Å². The maximum Gasteiger partial charge on any atom is 0.250 e. The van der Waals surface area contributed by atoms with Crippen molar-refractivity contribution < 1.29 is 8.78 Å². The summed E-state index contributed by atoms with van der Waals surface area (Å²) in [7, 11) is 0. The Kier molecular flexibility index (Phi) is 2.26. The molecule has 0 unspecified atom stereocenters. The van der Waals surface area contributed by atoms with Gasteiger partial charge in [0.25, 0.3) is 0 Å². The van der Waals surface area contributed by atoms with E-state index in [2.05, 4.69) is 4.98 Å². The number of nitrogens with two attached hydrogens (primary N) is 1. The molecule has 2 nitrogen and oxygen atoms in total. The molecule has 0 saturated heterocycles. The van der Waals surface area contributed by atoms with E-state index in [-0.39, 0.29) is 19.4 Å². The summed E-state index contributed by atoms with van der Waals surface area (Å²) in [5.74, 6) is -2.55. The van der Waals surface area contributed by atoms with Gasteiger partial charge in [0.15, 0.2) is 0 Å². The predicted octanol–water partition coefficient (Wildman–Crippen LogP) is 2.02. The quantitative estimate of drug-likeness (QED) is 0.814. The fraction of sp³-hybridized carbons (Fsp3) is 0.545. The molecule has 1 aromatic heterocycles. The highest BCUT2D eigenvalue weighted by molar-refractivity contribution is 5.31. The number of rotatable bonds is 2. The second kappa shape index (κ2) is 3.23. The average molecular weight is 212 g/mol. The number of aryl methyl sites for hydroxylation is 1. The second-order valence-electron chi connectivity index (χ2n) is 4.38. The summed E-state index contributed by atoms with van der Waals surface area (Å²) in [6, 6.07) is 3.64. The molecule has 0 aliphatic heterocycles. The van der Waals surface area contributed by atoms with Crippen molar-refractivity contribution in [2.75, 3.05) is 6.54 Å². The van der Waals surface area contributed by atoms with Gasteiger partial charge in [-0.3, -0.25) is 4.98 Å². The number of hydrogen-bond donors (Lipinski definition) is 1. The number of aromatic nitrogens is 1. The Balaban J connectivity index is 2.29. The summed E-state index contributed by atoms with van der Waals surface area (Å²) in [5.41, 5.74) is 6.82. The van der Waals surface area contributed by atoms with Gasteiger partial charge in [0.1, 0.15) is 0 Å². The third kappa shape index (κ3) is 1.74. The summed E-state index contributed by atoms with van der Waals surface area (Å²) in [5, 5.41) is 0. The van der Waals surface area contributed by atoms with Crippen LogP contribution < -0.4 is 5.73 Å². The Hall–Kier alpha value is -1.03. The van der Waals surface area contributed by atoms with Gasteiger partial charge in [0, 0.05) is 36.7 Å². The predicted molar refractivity (Wildman–Crippen MR) is 53.9 cm³/mol. The molecule has 1 heterocycles. The SMILES string of the molecule is Cc1cc(C2(CN)CC(F)(F)C2)ccn1. The minimum Gasteiger partial charge on any atom is -0.330 e. The minimum atomic E-state index is -2.55. The van der Waals surface area contributed by atoms with Crippen molar-refractivity contribution in [3.63, 3.8) is 0 Å².